The van der Waals surface area contributed by atoms with E-state index < -0.39 is 10.0 Å². The number of ether oxygens (including phenoxy) is 1. The summed E-state index contributed by atoms with van der Waals surface area (Å²) in [5.74, 6) is 0.624. The number of amidine groups is 1. The molecule has 5 nitrogen and oxygen atoms in total. The van der Waals surface area contributed by atoms with E-state index in [9.17, 15) is 8.42 Å². The molecule has 3 aromatic carbocycles. The Labute approximate surface area is 182 Å². The minimum Gasteiger partial charge on any atom is -0.487 e. The third-order valence-corrected chi connectivity index (χ3v) is 6.45. The van der Waals surface area contributed by atoms with Gasteiger partial charge in [0.05, 0.1) is 10.7 Å². The summed E-state index contributed by atoms with van der Waals surface area (Å²) in [5, 5.41) is 4.38. The van der Waals surface area contributed by atoms with Crippen LogP contribution in [0.4, 0.5) is 5.69 Å². The molecule has 0 unspecified atom stereocenters. The summed E-state index contributed by atoms with van der Waals surface area (Å²) >= 11 is 18.4. The topological polar surface area (TPSA) is 67.8 Å². The fourth-order valence-electron chi connectivity index (χ4n) is 2.80. The summed E-state index contributed by atoms with van der Waals surface area (Å²) in [5.41, 5.74) is 1.74. The summed E-state index contributed by atoms with van der Waals surface area (Å²) in [7, 11) is -3.79. The summed E-state index contributed by atoms with van der Waals surface area (Å²) in [4.78, 5) is 0.134. The molecule has 0 radical (unpaired) electrons. The Morgan fingerprint density at radius 1 is 0.931 bits per heavy atom. The first-order valence-corrected chi connectivity index (χ1v) is 11.0. The highest BCUT2D eigenvalue weighted by molar-refractivity contribution is 7.90. The van der Waals surface area contributed by atoms with Gasteiger partial charge in [-0.3, -0.25) is 0 Å². The molecular formula is C20H13Cl3N2O3S. The second-order valence-corrected chi connectivity index (χ2v) is 9.03. The molecule has 0 amide bonds. The molecule has 1 aliphatic heterocycles. The average Bonchev–Trinajstić information content (AvgIpc) is 2.67. The number of halogens is 3. The van der Waals surface area contributed by atoms with Crippen LogP contribution in [0.5, 0.6) is 5.75 Å². The van der Waals surface area contributed by atoms with Crippen LogP contribution >= 0.6 is 34.8 Å². The van der Waals surface area contributed by atoms with Crippen molar-refractivity contribution in [3.8, 4) is 5.75 Å². The molecule has 1 aliphatic rings. The number of hydrogen-bond donors (Lipinski definition) is 1. The zero-order valence-electron chi connectivity index (χ0n) is 14.7. The zero-order chi connectivity index (χ0) is 20.6. The third kappa shape index (κ3) is 4.21. The van der Waals surface area contributed by atoms with Gasteiger partial charge in [-0.1, -0.05) is 53.0 Å². The van der Waals surface area contributed by atoms with E-state index in [-0.39, 0.29) is 17.3 Å². The first-order valence-electron chi connectivity index (χ1n) is 8.41. The summed E-state index contributed by atoms with van der Waals surface area (Å²) in [6.07, 6.45) is 0. The van der Waals surface area contributed by atoms with Crippen LogP contribution in [0.3, 0.4) is 0 Å². The Morgan fingerprint density at radius 2 is 1.72 bits per heavy atom. The molecule has 148 valence electrons. The summed E-state index contributed by atoms with van der Waals surface area (Å²) < 4.78 is 34.4. The minimum absolute atomic E-state index is 0.134. The first-order chi connectivity index (χ1) is 13.8. The molecule has 0 saturated carbocycles. The maximum absolute atomic E-state index is 12.4. The van der Waals surface area contributed by atoms with Crippen LogP contribution in [0, 0.1) is 0 Å². The van der Waals surface area contributed by atoms with Crippen LogP contribution in [0.1, 0.15) is 11.1 Å². The molecule has 0 saturated heterocycles. The Balaban J connectivity index is 1.57. The van der Waals surface area contributed by atoms with E-state index in [0.717, 1.165) is 5.56 Å². The van der Waals surface area contributed by atoms with Crippen molar-refractivity contribution in [3.05, 3.63) is 86.9 Å². The van der Waals surface area contributed by atoms with E-state index in [4.69, 9.17) is 39.5 Å². The predicted molar refractivity (Wildman–Crippen MR) is 116 cm³/mol. The van der Waals surface area contributed by atoms with Crippen LogP contribution in [0.2, 0.25) is 15.1 Å². The molecule has 0 aromatic heterocycles. The van der Waals surface area contributed by atoms with Crippen molar-refractivity contribution in [2.24, 2.45) is 4.40 Å². The number of hydrogen-bond acceptors (Lipinski definition) is 4. The lowest BCUT2D eigenvalue weighted by Gasteiger charge is -2.18. The van der Waals surface area contributed by atoms with Gasteiger partial charge in [-0.05, 0) is 42.5 Å². The summed E-state index contributed by atoms with van der Waals surface area (Å²) in [6, 6.07) is 16.6. The van der Waals surface area contributed by atoms with Gasteiger partial charge in [-0.25, -0.2) is 0 Å². The number of fused-ring (bicyclic) bond motifs is 1. The van der Waals surface area contributed by atoms with E-state index in [1.165, 1.54) is 6.07 Å². The lowest BCUT2D eigenvalue weighted by atomic mass is 10.2. The highest BCUT2D eigenvalue weighted by atomic mass is 35.5. The van der Waals surface area contributed by atoms with Crippen molar-refractivity contribution in [2.75, 3.05) is 5.32 Å². The number of benzene rings is 3. The molecule has 0 atom stereocenters. The van der Waals surface area contributed by atoms with Crippen molar-refractivity contribution in [1.29, 1.82) is 0 Å². The number of anilines is 1. The molecule has 0 bridgehead atoms. The molecule has 1 N–H and O–H groups in total. The average molecular weight is 468 g/mol. The van der Waals surface area contributed by atoms with E-state index in [0.29, 0.717) is 32.1 Å². The van der Waals surface area contributed by atoms with Crippen LogP contribution in [0.25, 0.3) is 0 Å². The van der Waals surface area contributed by atoms with Gasteiger partial charge < -0.3 is 10.1 Å². The molecule has 3 aromatic rings. The molecule has 0 aliphatic carbocycles. The van der Waals surface area contributed by atoms with Crippen molar-refractivity contribution in [1.82, 2.24) is 0 Å². The second-order valence-electron chi connectivity index (χ2n) is 6.21. The highest BCUT2D eigenvalue weighted by Gasteiger charge is 2.25. The lowest BCUT2D eigenvalue weighted by molar-refractivity contribution is 0.306. The molecule has 29 heavy (non-hydrogen) atoms. The van der Waals surface area contributed by atoms with Gasteiger partial charge in [0.15, 0.2) is 5.84 Å². The maximum Gasteiger partial charge on any atom is 0.286 e. The second kappa shape index (κ2) is 7.88. The van der Waals surface area contributed by atoms with Gasteiger partial charge in [-0.15, -0.1) is 4.40 Å². The highest BCUT2D eigenvalue weighted by Crippen LogP contribution is 2.31. The molecule has 4 rings (SSSR count). The van der Waals surface area contributed by atoms with Gasteiger partial charge in [-0.2, -0.15) is 8.42 Å². The van der Waals surface area contributed by atoms with Gasteiger partial charge in [0.2, 0.25) is 0 Å². The van der Waals surface area contributed by atoms with E-state index in [1.54, 1.807) is 54.6 Å². The smallest absolute Gasteiger partial charge is 0.286 e. The molecule has 9 heteroatoms. The summed E-state index contributed by atoms with van der Waals surface area (Å²) in [6.45, 7) is 0.204. The van der Waals surface area contributed by atoms with Gasteiger partial charge in [0.1, 0.15) is 17.3 Å². The van der Waals surface area contributed by atoms with Crippen molar-refractivity contribution >= 4 is 56.3 Å². The number of nitrogens with one attached hydrogen (secondary N) is 1. The Morgan fingerprint density at radius 3 is 2.48 bits per heavy atom. The van der Waals surface area contributed by atoms with Gasteiger partial charge in [0, 0.05) is 21.2 Å². The standard InChI is InChI=1S/C20H13Cl3N2O3S/c21-14-7-5-13(15(22)10-14)11-28-18-8-6-12(9-16(18)23)20-24-17-3-1-2-4-19(17)29(26,27)25-20/h1-10H,11H2,(H,24,25). The molecular weight excluding hydrogens is 455 g/mol. The molecule has 1 heterocycles. The van der Waals surface area contributed by atoms with E-state index in [2.05, 4.69) is 9.71 Å². The molecule has 0 fully saturated rings. The normalized spacial score (nSPS) is 14.5. The minimum atomic E-state index is -3.79. The Hall–Kier alpha value is -2.25. The van der Waals surface area contributed by atoms with Crippen molar-refractivity contribution < 1.29 is 13.2 Å². The van der Waals surface area contributed by atoms with E-state index >= 15 is 0 Å². The molecule has 0 spiro atoms. The fourth-order valence-corrected chi connectivity index (χ4v) is 4.63. The Bertz CT molecular complexity index is 1240. The Kier molecular flexibility index (Phi) is 5.44. The maximum atomic E-state index is 12.4. The van der Waals surface area contributed by atoms with Crippen LogP contribution in [-0.2, 0) is 16.6 Å². The number of nitrogens with zero attached hydrogens (tertiary/aromatic N) is 1. The van der Waals surface area contributed by atoms with Gasteiger partial charge in [0.25, 0.3) is 10.0 Å². The third-order valence-electron chi connectivity index (χ3n) is 4.23. The zero-order valence-corrected chi connectivity index (χ0v) is 17.8. The van der Waals surface area contributed by atoms with Crippen LogP contribution in [0.15, 0.2) is 70.0 Å². The fraction of sp³-hybridized carbons (Fsp3) is 0.0500. The predicted octanol–water partition coefficient (Wildman–Crippen LogP) is 5.79. The van der Waals surface area contributed by atoms with Crippen molar-refractivity contribution in [3.63, 3.8) is 0 Å². The van der Waals surface area contributed by atoms with Crippen LogP contribution < -0.4 is 10.1 Å². The first kappa shape index (κ1) is 20.0. The SMILES string of the molecule is O=S1(=O)N=C(c2ccc(OCc3ccc(Cl)cc3Cl)c(Cl)c2)Nc2ccccc21. The van der Waals surface area contributed by atoms with Crippen molar-refractivity contribution in [2.45, 2.75) is 11.5 Å². The lowest BCUT2D eigenvalue weighted by Crippen LogP contribution is -2.22. The number of para-hydroxylation sites is 1. The number of rotatable bonds is 4. The van der Waals surface area contributed by atoms with Crippen LogP contribution in [-0.4, -0.2) is 14.3 Å². The van der Waals surface area contributed by atoms with E-state index in [1.807, 2.05) is 0 Å². The largest absolute Gasteiger partial charge is 0.487 e. The quantitative estimate of drug-likeness (QED) is 0.527. The number of sulfonamides is 1. The van der Waals surface area contributed by atoms with Gasteiger partial charge >= 0.3 is 0 Å². The monoisotopic (exact) mass is 466 g/mol.